The Morgan fingerprint density at radius 3 is 2.44 bits per heavy atom. The molecule has 4 rings (SSSR count). The van der Waals surface area contributed by atoms with E-state index in [9.17, 15) is 4.79 Å². The number of para-hydroxylation sites is 1. The zero-order valence-corrected chi connectivity index (χ0v) is 15.3. The van der Waals surface area contributed by atoms with Crippen LogP contribution >= 0.6 is 0 Å². The van der Waals surface area contributed by atoms with Gasteiger partial charge in [0.05, 0.1) is 25.5 Å². The van der Waals surface area contributed by atoms with Crippen molar-refractivity contribution in [2.24, 2.45) is 0 Å². The number of hydrogen-bond acceptors (Lipinski definition) is 4. The first-order valence-electron chi connectivity index (χ1n) is 8.56. The maximum absolute atomic E-state index is 12.8. The molecular formula is C22H19NO4. The normalized spacial score (nSPS) is 10.9. The van der Waals surface area contributed by atoms with Gasteiger partial charge in [0.15, 0.2) is 0 Å². The third kappa shape index (κ3) is 2.97. The number of benzene rings is 3. The summed E-state index contributed by atoms with van der Waals surface area (Å²) in [5.74, 6) is 0.806. The number of rotatable bonds is 4. The third-order valence-electron chi connectivity index (χ3n) is 4.55. The highest BCUT2D eigenvalue weighted by Gasteiger charge is 2.17. The summed E-state index contributed by atoms with van der Waals surface area (Å²) in [6.07, 6.45) is 0. The van der Waals surface area contributed by atoms with Crippen LogP contribution in [0.1, 0.15) is 15.9 Å². The Labute approximate surface area is 156 Å². The van der Waals surface area contributed by atoms with Gasteiger partial charge in [-0.15, -0.1) is 0 Å². The van der Waals surface area contributed by atoms with Crippen molar-refractivity contribution in [2.45, 2.75) is 6.92 Å². The Morgan fingerprint density at radius 2 is 1.67 bits per heavy atom. The molecule has 1 heterocycles. The molecule has 1 aromatic heterocycles. The molecule has 0 saturated carbocycles. The lowest BCUT2D eigenvalue weighted by Gasteiger charge is -2.13. The monoisotopic (exact) mass is 361 g/mol. The van der Waals surface area contributed by atoms with E-state index in [0.29, 0.717) is 28.3 Å². The topological polar surface area (TPSA) is 60.7 Å². The van der Waals surface area contributed by atoms with E-state index in [0.717, 1.165) is 21.9 Å². The van der Waals surface area contributed by atoms with Crippen LogP contribution in [0.3, 0.4) is 0 Å². The SMILES string of the molecule is COc1cc2c(cc1NC(=O)c1cc(C)ccc1OC)oc1ccccc12. The van der Waals surface area contributed by atoms with Gasteiger partial charge >= 0.3 is 0 Å². The molecule has 0 atom stereocenters. The van der Waals surface area contributed by atoms with Gasteiger partial charge in [-0.05, 0) is 31.2 Å². The van der Waals surface area contributed by atoms with Crippen LogP contribution < -0.4 is 14.8 Å². The predicted molar refractivity (Wildman–Crippen MR) is 106 cm³/mol. The molecule has 136 valence electrons. The number of nitrogens with one attached hydrogen (secondary N) is 1. The van der Waals surface area contributed by atoms with Crippen molar-refractivity contribution in [1.82, 2.24) is 0 Å². The molecule has 0 unspecified atom stereocenters. The third-order valence-corrected chi connectivity index (χ3v) is 4.55. The molecule has 0 aliphatic heterocycles. The van der Waals surface area contributed by atoms with E-state index in [4.69, 9.17) is 13.9 Å². The molecule has 0 bridgehead atoms. The minimum absolute atomic E-state index is 0.274. The van der Waals surface area contributed by atoms with Crippen molar-refractivity contribution in [3.8, 4) is 11.5 Å². The fraction of sp³-hybridized carbons (Fsp3) is 0.136. The molecule has 1 N–H and O–H groups in total. The Balaban J connectivity index is 1.78. The first-order chi connectivity index (χ1) is 13.1. The van der Waals surface area contributed by atoms with Gasteiger partial charge in [0, 0.05) is 16.8 Å². The van der Waals surface area contributed by atoms with Crippen LogP contribution in [-0.4, -0.2) is 20.1 Å². The molecule has 0 spiro atoms. The molecule has 5 nitrogen and oxygen atoms in total. The van der Waals surface area contributed by atoms with Crippen LogP contribution in [0.25, 0.3) is 21.9 Å². The molecular weight excluding hydrogens is 342 g/mol. The number of amides is 1. The Morgan fingerprint density at radius 1 is 0.889 bits per heavy atom. The summed E-state index contributed by atoms with van der Waals surface area (Å²) in [5, 5.41) is 4.85. The van der Waals surface area contributed by atoms with Crippen LogP contribution in [0.4, 0.5) is 5.69 Å². The second kappa shape index (κ2) is 6.68. The Kier molecular flexibility index (Phi) is 4.20. The molecule has 0 radical (unpaired) electrons. The summed E-state index contributed by atoms with van der Waals surface area (Å²) in [7, 11) is 3.12. The lowest BCUT2D eigenvalue weighted by molar-refractivity contribution is 0.102. The van der Waals surface area contributed by atoms with Gasteiger partial charge in [-0.25, -0.2) is 0 Å². The molecule has 1 amide bonds. The smallest absolute Gasteiger partial charge is 0.259 e. The quantitative estimate of drug-likeness (QED) is 0.545. The summed E-state index contributed by atoms with van der Waals surface area (Å²) in [6.45, 7) is 1.93. The van der Waals surface area contributed by atoms with Gasteiger partial charge in [0.1, 0.15) is 22.7 Å². The van der Waals surface area contributed by atoms with Crippen molar-refractivity contribution in [3.05, 3.63) is 65.7 Å². The maximum atomic E-state index is 12.8. The highest BCUT2D eigenvalue weighted by molar-refractivity contribution is 6.10. The van der Waals surface area contributed by atoms with Crippen molar-refractivity contribution >= 4 is 33.5 Å². The van der Waals surface area contributed by atoms with Gasteiger partial charge in [-0.3, -0.25) is 4.79 Å². The van der Waals surface area contributed by atoms with Crippen molar-refractivity contribution in [2.75, 3.05) is 19.5 Å². The number of fused-ring (bicyclic) bond motifs is 3. The average molecular weight is 361 g/mol. The summed E-state index contributed by atoms with van der Waals surface area (Å²) in [5.41, 5.74) is 3.45. The molecule has 0 aliphatic carbocycles. The molecule has 0 aliphatic rings. The minimum Gasteiger partial charge on any atom is -0.496 e. The molecule has 4 aromatic rings. The fourth-order valence-electron chi connectivity index (χ4n) is 3.21. The summed E-state index contributed by atoms with van der Waals surface area (Å²) >= 11 is 0. The van der Waals surface area contributed by atoms with E-state index in [1.807, 2.05) is 43.3 Å². The largest absolute Gasteiger partial charge is 0.496 e. The number of methoxy groups -OCH3 is 2. The number of hydrogen-bond donors (Lipinski definition) is 1. The zero-order valence-electron chi connectivity index (χ0n) is 15.3. The van der Waals surface area contributed by atoms with Crippen LogP contribution in [0, 0.1) is 6.92 Å². The van der Waals surface area contributed by atoms with Gasteiger partial charge < -0.3 is 19.2 Å². The number of aryl methyl sites for hydroxylation is 1. The van der Waals surface area contributed by atoms with Gasteiger partial charge in [0.2, 0.25) is 0 Å². The van der Waals surface area contributed by atoms with E-state index in [-0.39, 0.29) is 5.91 Å². The highest BCUT2D eigenvalue weighted by atomic mass is 16.5. The van der Waals surface area contributed by atoms with E-state index in [2.05, 4.69) is 5.32 Å². The van der Waals surface area contributed by atoms with Crippen LogP contribution in [0.15, 0.2) is 59.0 Å². The lowest BCUT2D eigenvalue weighted by Crippen LogP contribution is -2.14. The number of carbonyl (C=O) groups excluding carboxylic acids is 1. The second-order valence-electron chi connectivity index (χ2n) is 6.30. The van der Waals surface area contributed by atoms with Crippen molar-refractivity contribution in [3.63, 3.8) is 0 Å². The van der Waals surface area contributed by atoms with Crippen molar-refractivity contribution in [1.29, 1.82) is 0 Å². The van der Waals surface area contributed by atoms with E-state index in [1.54, 1.807) is 32.4 Å². The molecule has 0 fully saturated rings. The summed E-state index contributed by atoms with van der Waals surface area (Å²) in [6, 6.07) is 16.9. The second-order valence-corrected chi connectivity index (χ2v) is 6.30. The van der Waals surface area contributed by atoms with Gasteiger partial charge in [-0.2, -0.15) is 0 Å². The predicted octanol–water partition coefficient (Wildman–Crippen LogP) is 5.16. The Hall–Kier alpha value is -3.47. The Bertz CT molecular complexity index is 1160. The number of anilines is 1. The number of ether oxygens (including phenoxy) is 2. The molecule has 27 heavy (non-hydrogen) atoms. The summed E-state index contributed by atoms with van der Waals surface area (Å²) in [4.78, 5) is 12.8. The van der Waals surface area contributed by atoms with Gasteiger partial charge in [0.25, 0.3) is 5.91 Å². The highest BCUT2D eigenvalue weighted by Crippen LogP contribution is 2.36. The van der Waals surface area contributed by atoms with Crippen LogP contribution in [0.5, 0.6) is 11.5 Å². The molecule has 5 heteroatoms. The van der Waals surface area contributed by atoms with Crippen molar-refractivity contribution < 1.29 is 18.7 Å². The minimum atomic E-state index is -0.274. The maximum Gasteiger partial charge on any atom is 0.259 e. The zero-order chi connectivity index (χ0) is 19.0. The summed E-state index contributed by atoms with van der Waals surface area (Å²) < 4.78 is 16.7. The lowest BCUT2D eigenvalue weighted by atomic mass is 10.1. The van der Waals surface area contributed by atoms with Crippen LogP contribution in [0.2, 0.25) is 0 Å². The van der Waals surface area contributed by atoms with E-state index >= 15 is 0 Å². The molecule has 3 aromatic carbocycles. The van der Waals surface area contributed by atoms with E-state index < -0.39 is 0 Å². The first-order valence-corrected chi connectivity index (χ1v) is 8.56. The molecule has 0 saturated heterocycles. The van der Waals surface area contributed by atoms with Gasteiger partial charge in [-0.1, -0.05) is 29.8 Å². The number of furan rings is 1. The standard InChI is InChI=1S/C22H19NO4/c1-13-8-9-18(25-2)16(10-13)22(24)23-17-12-20-15(11-21(17)26-3)14-6-4-5-7-19(14)27-20/h4-12H,1-3H3,(H,23,24). The average Bonchev–Trinajstić information content (AvgIpc) is 3.04. The van der Waals surface area contributed by atoms with Crippen LogP contribution in [-0.2, 0) is 0 Å². The van der Waals surface area contributed by atoms with E-state index in [1.165, 1.54) is 0 Å². The first kappa shape index (κ1) is 17.0. The number of carbonyl (C=O) groups is 1. The fourth-order valence-corrected chi connectivity index (χ4v) is 3.21.